The number of halogens is 1. The molecule has 1 aromatic carbocycles. The number of hydrogen-bond acceptors (Lipinski definition) is 4. The molecule has 0 fully saturated rings. The van der Waals surface area contributed by atoms with Gasteiger partial charge in [-0.05, 0) is 0 Å². The quantitative estimate of drug-likeness (QED) is 0.454. The average molecular weight is 692 g/mol. The van der Waals surface area contributed by atoms with Crippen LogP contribution in [0.4, 0.5) is 4.39 Å². The van der Waals surface area contributed by atoms with Crippen molar-refractivity contribution in [1.29, 1.82) is 0 Å². The van der Waals surface area contributed by atoms with Gasteiger partial charge in [-0.3, -0.25) is 0 Å². The van der Waals surface area contributed by atoms with Crippen molar-refractivity contribution in [3.8, 4) is 5.75 Å². The van der Waals surface area contributed by atoms with E-state index in [9.17, 15) is 19.1 Å². The Morgan fingerprint density at radius 2 is 2.03 bits per heavy atom. The molecule has 0 saturated heterocycles. The molecule has 1 N–H and O–H groups in total. The molecule has 3 heterocycles. The van der Waals surface area contributed by atoms with Crippen LogP contribution in [0.1, 0.15) is 27.0 Å². The summed E-state index contributed by atoms with van der Waals surface area (Å²) in [6.07, 6.45) is 3.20. The maximum atomic E-state index is 13.3. The molecule has 0 radical (unpaired) electrons. The Bertz CT molecular complexity index is 1240. The van der Waals surface area contributed by atoms with Gasteiger partial charge in [-0.25, -0.2) is 0 Å². The van der Waals surface area contributed by atoms with Crippen molar-refractivity contribution >= 4 is 72.5 Å². The molecular weight excluding hydrogens is 673 g/mol. The molecule has 0 spiro atoms. The predicted octanol–water partition coefficient (Wildman–Crippen LogP) is 1.66. The number of rotatable bonds is 3. The van der Waals surface area contributed by atoms with Gasteiger partial charge in [-0.15, -0.1) is 0 Å². The molecule has 1 aliphatic heterocycles. The monoisotopic (exact) mass is 691 g/mol. The van der Waals surface area contributed by atoms with Crippen LogP contribution in [0.2, 0.25) is -6.48 Å². The first-order valence-electron chi connectivity index (χ1n) is 9.81. The fourth-order valence-corrected chi connectivity index (χ4v) is 8.60. The number of aromatic nitrogens is 2. The third-order valence-corrected chi connectivity index (χ3v) is 10.0. The van der Waals surface area contributed by atoms with Gasteiger partial charge in [0.2, 0.25) is 0 Å². The molecule has 1 unspecified atom stereocenters. The van der Waals surface area contributed by atoms with Crippen LogP contribution >= 0.6 is 0 Å². The van der Waals surface area contributed by atoms with E-state index in [-0.39, 0.29) is 53.4 Å². The normalized spacial score (nSPS) is 17.9. The second-order valence-corrected chi connectivity index (χ2v) is 45.0. The van der Waals surface area contributed by atoms with Crippen molar-refractivity contribution in [2.24, 2.45) is 0 Å². The number of hydrogen-bond donors (Lipinski definition) is 1. The van der Waals surface area contributed by atoms with Crippen LogP contribution in [-0.4, -0.2) is 95.1 Å². The van der Waals surface area contributed by atoms with Crippen molar-refractivity contribution in [1.82, 2.24) is 14.5 Å². The van der Waals surface area contributed by atoms with Crippen LogP contribution in [0.3, 0.4) is 0 Å². The Morgan fingerprint density at radius 3 is 2.67 bits per heavy atom. The first-order chi connectivity index (χ1) is 14.1. The van der Waals surface area contributed by atoms with E-state index in [4.69, 9.17) is 0 Å². The number of benzene rings is 1. The number of carbonyl (C=O) groups excluding carboxylic acids is 1. The summed E-state index contributed by atoms with van der Waals surface area (Å²) in [5.74, 6) is -1.13. The molecule has 4 rings (SSSR count). The van der Waals surface area contributed by atoms with Gasteiger partial charge in [-0.2, -0.15) is 0 Å². The number of carbonyl (C=O) groups is 1. The number of aromatic hydroxyl groups is 1. The minimum atomic E-state index is -0.515. The van der Waals surface area contributed by atoms with E-state index >= 15 is 0 Å². The third kappa shape index (κ3) is 4.31. The fraction of sp³-hybridized carbons (Fsp3) is 0.286. The molecule has 146 valence electrons. The Kier molecular flexibility index (Phi) is 6.79. The summed E-state index contributed by atoms with van der Waals surface area (Å²) in [5.41, 5.74) is 3.30. The van der Waals surface area contributed by atoms with Crippen LogP contribution in [0.15, 0.2) is 35.3 Å². The van der Waals surface area contributed by atoms with E-state index in [0.717, 1.165) is 23.1 Å². The Morgan fingerprint density at radius 1 is 1.37 bits per heavy atom. The van der Waals surface area contributed by atoms with Crippen molar-refractivity contribution < 1.29 is 57.1 Å². The van der Waals surface area contributed by atoms with E-state index in [1.165, 1.54) is 17.0 Å². The van der Waals surface area contributed by atoms with Crippen LogP contribution < -0.4 is 5.56 Å². The predicted molar refractivity (Wildman–Crippen MR) is 108 cm³/mol. The van der Waals surface area contributed by atoms with Gasteiger partial charge in [-0.1, -0.05) is 0 Å². The van der Waals surface area contributed by atoms with Crippen LogP contribution in [0, 0.1) is 48.6 Å². The molecule has 0 aliphatic carbocycles. The molecule has 1 atom stereocenters. The zero-order chi connectivity index (χ0) is 21.8. The molecule has 9 heteroatoms. The summed E-state index contributed by atoms with van der Waals surface area (Å²) >= 11 is 0.469. The summed E-state index contributed by atoms with van der Waals surface area (Å²) in [6, 6.07) is 6.38. The van der Waals surface area contributed by atoms with E-state index < -0.39 is 11.5 Å². The van der Waals surface area contributed by atoms with E-state index in [1.54, 1.807) is 37.0 Å². The topological polar surface area (TPSA) is 75.4 Å². The Labute approximate surface area is 241 Å². The van der Waals surface area contributed by atoms with E-state index in [0.29, 0.717) is 79.5 Å². The molecule has 0 bridgehead atoms. The number of amides is 1. The first kappa shape index (κ1) is 23.2. The number of nitrogens with zero attached hydrogens (tertiary/aromatic N) is 3. The van der Waals surface area contributed by atoms with Crippen LogP contribution in [-0.2, 0) is 19.4 Å². The zero-order valence-corrected chi connectivity index (χ0v) is 30.6. The van der Waals surface area contributed by atoms with E-state index in [2.05, 4.69) is 4.98 Å². The molecule has 0 saturated carbocycles. The minimum absolute atomic E-state index is 0.144. The molecule has 6 nitrogen and oxygen atoms in total. The SMILES string of the molecule is CN(C)C(=O)c1c(O)c2ncc(Cc3ccc(F)cc3)c3c2n(c1=O)C[C]([Rb])([RaH])C3. The fourth-order valence-electron chi connectivity index (χ4n) is 4.20. The van der Waals surface area contributed by atoms with Gasteiger partial charge in [0.15, 0.2) is 0 Å². The summed E-state index contributed by atoms with van der Waals surface area (Å²) in [4.78, 5) is 31.7. The summed E-state index contributed by atoms with van der Waals surface area (Å²) in [6.45, 7) is 0.617. The van der Waals surface area contributed by atoms with Gasteiger partial charge in [0.05, 0.1) is 0 Å². The van der Waals surface area contributed by atoms with Crippen LogP contribution in [0.5, 0.6) is 5.75 Å². The third-order valence-electron chi connectivity index (χ3n) is 5.61. The van der Waals surface area contributed by atoms with Gasteiger partial charge in [0, 0.05) is 0 Å². The second kappa shape index (κ2) is 8.77. The Balaban J connectivity index is 1.99. The van der Waals surface area contributed by atoms with Crippen molar-refractivity contribution in [3.63, 3.8) is 0 Å². The standard InChI is InChI=1S/C21H18FN3O3.Ra.Rb.H/c1-24(2)20(27)16-19(26)17-18-15(4-3-9-25(18)21(16)28)13(11-23-17)10-12-5-7-14(22)8-6-12;;;/h5-8,11,26H,4,9-10H2,1-2H3;;;. The van der Waals surface area contributed by atoms with Gasteiger partial charge in [0.1, 0.15) is 0 Å². The Hall–Kier alpha value is 0.0527. The molecule has 3 aromatic rings. The average Bonchev–Trinajstić information content (AvgIpc) is 2.67. The molecule has 1 aliphatic rings. The maximum absolute atomic E-state index is 13.3. The second-order valence-electron chi connectivity index (χ2n) is 8.92. The summed E-state index contributed by atoms with van der Waals surface area (Å²) in [7, 11) is 3.12. The summed E-state index contributed by atoms with van der Waals surface area (Å²) < 4.78 is 15.2. The van der Waals surface area contributed by atoms with Gasteiger partial charge < -0.3 is 0 Å². The first-order valence-corrected chi connectivity index (χ1v) is 16.4. The zero-order valence-electron chi connectivity index (χ0n) is 17.5. The van der Waals surface area contributed by atoms with Crippen LogP contribution in [0.25, 0.3) is 11.0 Å². The molecule has 1 amide bonds. The van der Waals surface area contributed by atoms with Gasteiger partial charge >= 0.3 is 246 Å². The van der Waals surface area contributed by atoms with Gasteiger partial charge in [0.25, 0.3) is 0 Å². The number of pyridine rings is 2. The van der Waals surface area contributed by atoms with Crippen molar-refractivity contribution in [3.05, 3.63) is 68.9 Å². The molecular formula is C21H19FN3O3RaRb. The summed E-state index contributed by atoms with van der Waals surface area (Å²) in [5, 5.41) is 10.8. The molecule has 30 heavy (non-hydrogen) atoms. The van der Waals surface area contributed by atoms with E-state index in [1.807, 2.05) is 0 Å². The molecule has 2 aromatic heterocycles. The van der Waals surface area contributed by atoms with Crippen molar-refractivity contribution in [2.75, 3.05) is 14.1 Å². The van der Waals surface area contributed by atoms with Crippen molar-refractivity contribution in [2.45, 2.75) is 12.9 Å².